The number of nitrogens with one attached hydrogen (secondary N) is 1. The van der Waals surface area contributed by atoms with Crippen LogP contribution >= 0.6 is 0 Å². The molecule has 4 heteroatoms. The summed E-state index contributed by atoms with van der Waals surface area (Å²) < 4.78 is 5.44. The predicted octanol–water partition coefficient (Wildman–Crippen LogP) is 3.12. The molecule has 0 atom stereocenters. The van der Waals surface area contributed by atoms with Crippen LogP contribution in [0.1, 0.15) is 17.0 Å². The summed E-state index contributed by atoms with van der Waals surface area (Å²) in [4.78, 5) is 8.96. The second-order valence-corrected chi connectivity index (χ2v) is 4.55. The third-order valence-corrected chi connectivity index (χ3v) is 3.10. The van der Waals surface area contributed by atoms with E-state index < -0.39 is 0 Å². The highest BCUT2D eigenvalue weighted by Gasteiger charge is 2.14. The van der Waals surface area contributed by atoms with Gasteiger partial charge in [0.1, 0.15) is 17.4 Å². The number of aryl methyl sites for hydroxylation is 2. The molecule has 0 amide bonds. The molecule has 19 heavy (non-hydrogen) atoms. The average Bonchev–Trinajstić information content (AvgIpc) is 2.41. The Bertz CT molecular complexity index is 609. The van der Waals surface area contributed by atoms with Crippen molar-refractivity contribution in [3.8, 4) is 17.0 Å². The van der Waals surface area contributed by atoms with Crippen molar-refractivity contribution in [3.63, 3.8) is 0 Å². The molecule has 1 aromatic carbocycles. The van der Waals surface area contributed by atoms with Gasteiger partial charge >= 0.3 is 0 Å². The standard InChI is InChI=1S/C15H19N3O/c1-9-6-7-13(19-5)12(8-9)14-10(2)15(16-4)18-11(3)17-14/h6-8H,1-5H3,(H,16,17,18). The maximum Gasteiger partial charge on any atom is 0.132 e. The molecule has 0 aliphatic carbocycles. The fraction of sp³-hybridized carbons (Fsp3) is 0.333. The fourth-order valence-corrected chi connectivity index (χ4v) is 2.14. The summed E-state index contributed by atoms with van der Waals surface area (Å²) in [5, 5.41) is 3.11. The number of benzene rings is 1. The van der Waals surface area contributed by atoms with E-state index >= 15 is 0 Å². The Labute approximate surface area is 113 Å². The number of hydrogen-bond donors (Lipinski definition) is 1. The highest BCUT2D eigenvalue weighted by Crippen LogP contribution is 2.33. The van der Waals surface area contributed by atoms with Crippen LogP contribution in [0.15, 0.2) is 18.2 Å². The van der Waals surface area contributed by atoms with Gasteiger partial charge in [0.15, 0.2) is 0 Å². The third-order valence-electron chi connectivity index (χ3n) is 3.10. The number of rotatable bonds is 3. The average molecular weight is 257 g/mol. The lowest BCUT2D eigenvalue weighted by Gasteiger charge is -2.14. The molecule has 0 unspecified atom stereocenters. The van der Waals surface area contributed by atoms with Gasteiger partial charge < -0.3 is 10.1 Å². The molecule has 0 aliphatic heterocycles. The summed E-state index contributed by atoms with van der Waals surface area (Å²) >= 11 is 0. The van der Waals surface area contributed by atoms with Gasteiger partial charge in [-0.1, -0.05) is 11.6 Å². The molecular weight excluding hydrogens is 238 g/mol. The van der Waals surface area contributed by atoms with Crippen molar-refractivity contribution in [3.05, 3.63) is 35.2 Å². The Hall–Kier alpha value is -2.10. The molecule has 1 aromatic heterocycles. The van der Waals surface area contributed by atoms with Crippen LogP contribution in [-0.2, 0) is 0 Å². The van der Waals surface area contributed by atoms with Crippen molar-refractivity contribution >= 4 is 5.82 Å². The molecular formula is C15H19N3O. The first-order valence-electron chi connectivity index (χ1n) is 6.24. The largest absolute Gasteiger partial charge is 0.496 e. The zero-order chi connectivity index (χ0) is 14.0. The van der Waals surface area contributed by atoms with Crippen LogP contribution in [0.2, 0.25) is 0 Å². The van der Waals surface area contributed by atoms with E-state index in [0.29, 0.717) is 0 Å². The van der Waals surface area contributed by atoms with E-state index in [4.69, 9.17) is 4.74 Å². The monoisotopic (exact) mass is 257 g/mol. The number of nitrogens with zero attached hydrogens (tertiary/aromatic N) is 2. The highest BCUT2D eigenvalue weighted by molar-refractivity contribution is 5.74. The fourth-order valence-electron chi connectivity index (χ4n) is 2.14. The molecule has 2 aromatic rings. The minimum Gasteiger partial charge on any atom is -0.496 e. The Balaban J connectivity index is 2.71. The maximum absolute atomic E-state index is 5.44. The van der Waals surface area contributed by atoms with Crippen LogP contribution in [0, 0.1) is 20.8 Å². The zero-order valence-electron chi connectivity index (χ0n) is 12.0. The summed E-state index contributed by atoms with van der Waals surface area (Å²) in [7, 11) is 3.54. The summed E-state index contributed by atoms with van der Waals surface area (Å²) in [6.45, 7) is 5.97. The van der Waals surface area contributed by atoms with Gasteiger partial charge in [-0.3, -0.25) is 0 Å². The van der Waals surface area contributed by atoms with Crippen LogP contribution in [0.5, 0.6) is 5.75 Å². The lowest BCUT2D eigenvalue weighted by atomic mass is 10.0. The SMILES string of the molecule is CNc1nc(C)nc(-c2cc(C)ccc2OC)c1C. The first-order chi connectivity index (χ1) is 9.06. The minimum absolute atomic E-state index is 0.744. The molecule has 1 heterocycles. The summed E-state index contributed by atoms with van der Waals surface area (Å²) in [6, 6.07) is 6.10. The van der Waals surface area contributed by atoms with E-state index in [1.54, 1.807) is 7.11 Å². The Morgan fingerprint density at radius 2 is 1.84 bits per heavy atom. The second-order valence-electron chi connectivity index (χ2n) is 4.55. The van der Waals surface area contributed by atoms with Crippen molar-refractivity contribution in [1.82, 2.24) is 9.97 Å². The minimum atomic E-state index is 0.744. The predicted molar refractivity (Wildman–Crippen MR) is 77.8 cm³/mol. The van der Waals surface area contributed by atoms with Crippen LogP contribution in [-0.4, -0.2) is 24.1 Å². The number of ether oxygens (including phenoxy) is 1. The van der Waals surface area contributed by atoms with Gasteiger partial charge in [-0.05, 0) is 32.9 Å². The number of aromatic nitrogens is 2. The van der Waals surface area contributed by atoms with Gasteiger partial charge in [-0.25, -0.2) is 9.97 Å². The number of anilines is 1. The molecule has 0 saturated heterocycles. The maximum atomic E-state index is 5.44. The van der Waals surface area contributed by atoms with Crippen molar-refractivity contribution in [2.24, 2.45) is 0 Å². The Morgan fingerprint density at radius 3 is 2.47 bits per heavy atom. The highest BCUT2D eigenvalue weighted by atomic mass is 16.5. The van der Waals surface area contributed by atoms with Gasteiger partial charge in [0.05, 0.1) is 12.8 Å². The summed E-state index contributed by atoms with van der Waals surface area (Å²) in [5.41, 5.74) is 4.12. The Morgan fingerprint density at radius 1 is 1.11 bits per heavy atom. The van der Waals surface area contributed by atoms with Crippen LogP contribution in [0.3, 0.4) is 0 Å². The van der Waals surface area contributed by atoms with Gasteiger partial charge in [0, 0.05) is 18.2 Å². The lowest BCUT2D eigenvalue weighted by molar-refractivity contribution is 0.416. The van der Waals surface area contributed by atoms with Gasteiger partial charge in [0.2, 0.25) is 0 Å². The molecule has 0 spiro atoms. The Kier molecular flexibility index (Phi) is 3.69. The van der Waals surface area contributed by atoms with Crippen molar-refractivity contribution in [2.75, 3.05) is 19.5 Å². The van der Waals surface area contributed by atoms with E-state index in [1.165, 1.54) is 5.56 Å². The van der Waals surface area contributed by atoms with Gasteiger partial charge in [-0.15, -0.1) is 0 Å². The molecule has 0 saturated carbocycles. The molecule has 0 fully saturated rings. The molecule has 0 radical (unpaired) electrons. The van der Waals surface area contributed by atoms with Gasteiger partial charge in [0.25, 0.3) is 0 Å². The van der Waals surface area contributed by atoms with E-state index in [9.17, 15) is 0 Å². The summed E-state index contributed by atoms with van der Waals surface area (Å²) in [5.74, 6) is 2.42. The van der Waals surface area contributed by atoms with Crippen molar-refractivity contribution in [2.45, 2.75) is 20.8 Å². The van der Waals surface area contributed by atoms with Gasteiger partial charge in [-0.2, -0.15) is 0 Å². The summed E-state index contributed by atoms with van der Waals surface area (Å²) in [6.07, 6.45) is 0. The molecule has 1 N–H and O–H groups in total. The molecule has 0 bridgehead atoms. The van der Waals surface area contributed by atoms with Crippen LogP contribution in [0.4, 0.5) is 5.82 Å². The third kappa shape index (κ3) is 2.52. The first kappa shape index (κ1) is 13.3. The van der Waals surface area contributed by atoms with E-state index in [2.05, 4.69) is 28.3 Å². The normalized spacial score (nSPS) is 10.4. The number of hydrogen-bond acceptors (Lipinski definition) is 4. The van der Waals surface area contributed by atoms with E-state index in [-0.39, 0.29) is 0 Å². The van der Waals surface area contributed by atoms with Crippen LogP contribution in [0.25, 0.3) is 11.3 Å². The first-order valence-corrected chi connectivity index (χ1v) is 6.24. The second kappa shape index (κ2) is 5.26. The van der Waals surface area contributed by atoms with E-state index in [0.717, 1.165) is 34.2 Å². The lowest BCUT2D eigenvalue weighted by Crippen LogP contribution is -2.03. The topological polar surface area (TPSA) is 47.0 Å². The molecule has 2 rings (SSSR count). The van der Waals surface area contributed by atoms with Crippen molar-refractivity contribution in [1.29, 1.82) is 0 Å². The number of methoxy groups -OCH3 is 1. The molecule has 0 aliphatic rings. The quantitative estimate of drug-likeness (QED) is 0.917. The van der Waals surface area contributed by atoms with Crippen molar-refractivity contribution < 1.29 is 4.74 Å². The zero-order valence-corrected chi connectivity index (χ0v) is 12.0. The molecule has 100 valence electrons. The van der Waals surface area contributed by atoms with Crippen LogP contribution < -0.4 is 10.1 Å². The smallest absolute Gasteiger partial charge is 0.132 e. The molecule has 4 nitrogen and oxygen atoms in total. The van der Waals surface area contributed by atoms with E-state index in [1.807, 2.05) is 33.0 Å².